The minimum Gasteiger partial charge on any atom is -0.486 e. The highest BCUT2D eigenvalue weighted by molar-refractivity contribution is 7.89. The van der Waals surface area contributed by atoms with Crippen molar-refractivity contribution in [2.24, 2.45) is 0 Å². The molecule has 0 fully saturated rings. The molecule has 2 aromatic rings. The molecule has 0 saturated carbocycles. The van der Waals surface area contributed by atoms with Gasteiger partial charge in [0.15, 0.2) is 11.6 Å². The second-order valence-corrected chi connectivity index (χ2v) is 6.72. The summed E-state index contributed by atoms with van der Waals surface area (Å²) in [7, 11) is -3.96. The zero-order valence-electron chi connectivity index (χ0n) is 12.6. The number of carbonyl (C=O) groups excluding carboxylic acids is 1. The van der Waals surface area contributed by atoms with Crippen LogP contribution >= 0.6 is 0 Å². The molecule has 1 amide bonds. The molecule has 1 N–H and O–H groups in total. The van der Waals surface area contributed by atoms with Crippen molar-refractivity contribution in [3.05, 3.63) is 64.7 Å². The summed E-state index contributed by atoms with van der Waals surface area (Å²) < 4.78 is 82.7. The third-order valence-corrected chi connectivity index (χ3v) is 3.51. The molecule has 0 bridgehead atoms. The van der Waals surface area contributed by atoms with Crippen molar-refractivity contribution in [1.29, 1.82) is 0 Å². The summed E-state index contributed by atoms with van der Waals surface area (Å²) in [4.78, 5) is 11.6. The first kappa shape index (κ1) is 18.7. The van der Waals surface area contributed by atoms with Gasteiger partial charge in [-0.05, 0) is 24.3 Å². The normalized spacial score (nSPS) is 11.2. The van der Waals surface area contributed by atoms with Crippen LogP contribution in [0.2, 0.25) is 0 Å². The Kier molecular flexibility index (Phi) is 5.31. The Labute approximate surface area is 140 Å². The molecule has 10 heteroatoms. The van der Waals surface area contributed by atoms with Crippen molar-refractivity contribution in [1.82, 2.24) is 4.72 Å². The molecule has 0 atom stereocenters. The van der Waals surface area contributed by atoms with E-state index in [1.807, 2.05) is 0 Å². The van der Waals surface area contributed by atoms with Gasteiger partial charge in [-0.1, -0.05) is 6.07 Å². The van der Waals surface area contributed by atoms with Gasteiger partial charge >= 0.3 is 0 Å². The van der Waals surface area contributed by atoms with Gasteiger partial charge in [0.25, 0.3) is 5.91 Å². The quantitative estimate of drug-likeness (QED) is 0.813. The molecule has 0 aliphatic heterocycles. The highest BCUT2D eigenvalue weighted by Crippen LogP contribution is 2.22. The molecule has 0 aromatic heterocycles. The number of hydrogen-bond acceptors (Lipinski definition) is 4. The van der Waals surface area contributed by atoms with E-state index < -0.39 is 57.1 Å². The molecule has 0 aliphatic carbocycles. The Bertz CT molecular complexity index is 931. The first-order chi connectivity index (χ1) is 11.6. The molecule has 0 heterocycles. The summed E-state index contributed by atoms with van der Waals surface area (Å²) in [5.41, 5.74) is -1.21. The van der Waals surface area contributed by atoms with Gasteiger partial charge in [-0.2, -0.15) is 4.39 Å². The zero-order chi connectivity index (χ0) is 18.8. The highest BCUT2D eigenvalue weighted by Gasteiger charge is 2.19. The molecular weight excluding hydrogens is 366 g/mol. The second-order valence-electron chi connectivity index (χ2n) is 4.97. The standard InChI is InChI=1S/C15H11F4NO4S/c1-25(22,23)20-15(21)9-6-11(17)8(5-12(9)18)7-24-13-4-2-3-10(16)14(13)19/h2-6H,7H2,1H3,(H,20,21). The molecule has 25 heavy (non-hydrogen) atoms. The van der Waals surface area contributed by atoms with E-state index in [-0.39, 0.29) is 5.56 Å². The summed E-state index contributed by atoms with van der Waals surface area (Å²) in [6, 6.07) is 4.21. The summed E-state index contributed by atoms with van der Waals surface area (Å²) >= 11 is 0. The molecule has 0 spiro atoms. The van der Waals surface area contributed by atoms with Crippen LogP contribution in [-0.2, 0) is 16.6 Å². The number of ether oxygens (including phenoxy) is 1. The third-order valence-electron chi connectivity index (χ3n) is 2.96. The van der Waals surface area contributed by atoms with E-state index in [0.29, 0.717) is 18.4 Å². The first-order valence-electron chi connectivity index (χ1n) is 6.65. The van der Waals surface area contributed by atoms with Gasteiger partial charge in [0, 0.05) is 5.56 Å². The third kappa shape index (κ3) is 4.69. The van der Waals surface area contributed by atoms with E-state index in [4.69, 9.17) is 4.74 Å². The number of benzene rings is 2. The lowest BCUT2D eigenvalue weighted by Gasteiger charge is -2.10. The number of sulfonamides is 1. The lowest BCUT2D eigenvalue weighted by Crippen LogP contribution is -2.30. The molecule has 5 nitrogen and oxygen atoms in total. The predicted octanol–water partition coefficient (Wildman–Crippen LogP) is 2.51. The number of amides is 1. The second kappa shape index (κ2) is 7.09. The summed E-state index contributed by atoms with van der Waals surface area (Å²) in [5.74, 6) is -6.59. The van der Waals surface area contributed by atoms with Crippen LogP contribution in [0.15, 0.2) is 30.3 Å². The maximum atomic E-state index is 14.0. The van der Waals surface area contributed by atoms with E-state index in [1.54, 1.807) is 0 Å². The van der Waals surface area contributed by atoms with E-state index >= 15 is 0 Å². The molecular formula is C15H11F4NO4S. The number of halogens is 4. The van der Waals surface area contributed by atoms with Gasteiger partial charge in [-0.3, -0.25) is 4.79 Å². The van der Waals surface area contributed by atoms with Crippen LogP contribution in [0.3, 0.4) is 0 Å². The Morgan fingerprint density at radius 1 is 1.08 bits per heavy atom. The maximum Gasteiger partial charge on any atom is 0.267 e. The van der Waals surface area contributed by atoms with Crippen molar-refractivity contribution < 1.29 is 35.5 Å². The van der Waals surface area contributed by atoms with Gasteiger partial charge in [0.05, 0.1) is 11.8 Å². The minimum absolute atomic E-state index is 0.378. The maximum absolute atomic E-state index is 14.0. The van der Waals surface area contributed by atoms with Crippen molar-refractivity contribution >= 4 is 15.9 Å². The Hall–Kier alpha value is -2.62. The smallest absolute Gasteiger partial charge is 0.267 e. The first-order valence-corrected chi connectivity index (χ1v) is 8.54. The van der Waals surface area contributed by atoms with Crippen molar-refractivity contribution in [3.8, 4) is 5.75 Å². The summed E-state index contributed by atoms with van der Waals surface area (Å²) in [5, 5.41) is 0. The van der Waals surface area contributed by atoms with Crippen molar-refractivity contribution in [2.45, 2.75) is 6.61 Å². The minimum atomic E-state index is -3.96. The van der Waals surface area contributed by atoms with E-state index in [1.165, 1.54) is 10.8 Å². The van der Waals surface area contributed by atoms with Crippen LogP contribution in [0.25, 0.3) is 0 Å². The SMILES string of the molecule is CS(=O)(=O)NC(=O)c1cc(F)c(COc2cccc(F)c2F)cc1F. The molecule has 134 valence electrons. The Morgan fingerprint density at radius 2 is 1.76 bits per heavy atom. The van der Waals surface area contributed by atoms with Crippen LogP contribution in [-0.4, -0.2) is 20.6 Å². The largest absolute Gasteiger partial charge is 0.486 e. The highest BCUT2D eigenvalue weighted by atomic mass is 32.2. The number of hydrogen-bond donors (Lipinski definition) is 1. The van der Waals surface area contributed by atoms with E-state index in [0.717, 1.165) is 12.1 Å². The molecule has 2 aromatic carbocycles. The monoisotopic (exact) mass is 377 g/mol. The van der Waals surface area contributed by atoms with Crippen LogP contribution in [0, 0.1) is 23.3 Å². The van der Waals surface area contributed by atoms with Crippen molar-refractivity contribution in [2.75, 3.05) is 6.26 Å². The Morgan fingerprint density at radius 3 is 2.40 bits per heavy atom. The van der Waals surface area contributed by atoms with E-state index in [2.05, 4.69) is 0 Å². The number of carbonyl (C=O) groups is 1. The zero-order valence-corrected chi connectivity index (χ0v) is 13.5. The van der Waals surface area contributed by atoms with Gasteiger partial charge < -0.3 is 4.74 Å². The lowest BCUT2D eigenvalue weighted by molar-refractivity contribution is 0.0977. The molecule has 0 unspecified atom stereocenters. The predicted molar refractivity (Wildman–Crippen MR) is 79.4 cm³/mol. The van der Waals surface area contributed by atoms with Crippen LogP contribution in [0.5, 0.6) is 5.75 Å². The molecule has 0 saturated heterocycles. The molecule has 0 radical (unpaired) electrons. The fraction of sp³-hybridized carbons (Fsp3) is 0.133. The molecule has 0 aliphatic rings. The Balaban J connectivity index is 2.22. The average Bonchev–Trinajstić information content (AvgIpc) is 2.49. The van der Waals surface area contributed by atoms with Gasteiger partial charge in [-0.25, -0.2) is 26.3 Å². The fourth-order valence-electron chi connectivity index (χ4n) is 1.85. The lowest BCUT2D eigenvalue weighted by atomic mass is 10.1. The van der Waals surface area contributed by atoms with Crippen LogP contribution in [0.4, 0.5) is 17.6 Å². The van der Waals surface area contributed by atoms with Crippen LogP contribution < -0.4 is 9.46 Å². The van der Waals surface area contributed by atoms with Gasteiger partial charge in [0.2, 0.25) is 15.8 Å². The van der Waals surface area contributed by atoms with Crippen LogP contribution in [0.1, 0.15) is 15.9 Å². The molecule has 2 rings (SSSR count). The average molecular weight is 377 g/mol. The van der Waals surface area contributed by atoms with Gasteiger partial charge in [0.1, 0.15) is 18.2 Å². The number of nitrogens with one attached hydrogen (secondary N) is 1. The summed E-state index contributed by atoms with van der Waals surface area (Å²) in [6.45, 7) is -0.642. The number of rotatable bonds is 5. The topological polar surface area (TPSA) is 72.5 Å². The van der Waals surface area contributed by atoms with Gasteiger partial charge in [-0.15, -0.1) is 0 Å². The van der Waals surface area contributed by atoms with Crippen molar-refractivity contribution in [3.63, 3.8) is 0 Å². The summed E-state index contributed by atoms with van der Waals surface area (Å²) in [6.07, 6.45) is 0.676. The van der Waals surface area contributed by atoms with E-state index in [9.17, 15) is 30.8 Å². The fourth-order valence-corrected chi connectivity index (χ4v) is 2.29.